The number of imidazole rings is 1. The lowest BCUT2D eigenvalue weighted by molar-refractivity contribution is 0.291. The Bertz CT molecular complexity index is 632. The quantitative estimate of drug-likeness (QED) is 0.940. The fraction of sp³-hybridized carbons (Fsp3) is 0.500. The second-order valence-electron chi connectivity index (χ2n) is 5.43. The second kappa shape index (κ2) is 5.01. The summed E-state index contributed by atoms with van der Waals surface area (Å²) in [6, 6.07) is 2.50. The summed E-state index contributed by atoms with van der Waals surface area (Å²) in [4.78, 5) is 6.44. The van der Waals surface area contributed by atoms with Crippen LogP contribution in [0.5, 0.6) is 0 Å². The van der Waals surface area contributed by atoms with Crippen molar-refractivity contribution >= 4 is 17.0 Å². The standard InChI is InChI=1S/C14H18F2N4/c1-9(8-19-6-2-3-7-19)20-13-11(18-14(20)17)5-4-10(15)12(13)16/h4-5,9H,2-3,6-8H2,1H3,(H2,17,18). The average Bonchev–Trinajstić information content (AvgIpc) is 3.01. The molecular formula is C14H18F2N4. The van der Waals surface area contributed by atoms with Crippen LogP contribution in [0.1, 0.15) is 25.8 Å². The zero-order valence-corrected chi connectivity index (χ0v) is 11.4. The SMILES string of the molecule is CC(CN1CCCC1)n1c(N)nc2ccc(F)c(F)c21. The van der Waals surface area contributed by atoms with Crippen LogP contribution in [0.15, 0.2) is 12.1 Å². The topological polar surface area (TPSA) is 47.1 Å². The number of nitrogens with zero attached hydrogens (tertiary/aromatic N) is 3. The van der Waals surface area contributed by atoms with E-state index in [0.29, 0.717) is 5.52 Å². The maximum Gasteiger partial charge on any atom is 0.201 e. The van der Waals surface area contributed by atoms with Crippen LogP contribution in [0.25, 0.3) is 11.0 Å². The van der Waals surface area contributed by atoms with Gasteiger partial charge in [-0.3, -0.25) is 0 Å². The third kappa shape index (κ3) is 2.14. The maximum absolute atomic E-state index is 14.0. The monoisotopic (exact) mass is 280 g/mol. The first-order valence-corrected chi connectivity index (χ1v) is 6.91. The number of hydrogen-bond acceptors (Lipinski definition) is 3. The summed E-state index contributed by atoms with van der Waals surface area (Å²) >= 11 is 0. The predicted octanol–water partition coefficient (Wildman–Crippen LogP) is 2.55. The number of aromatic nitrogens is 2. The van der Waals surface area contributed by atoms with Gasteiger partial charge in [0.2, 0.25) is 5.95 Å². The van der Waals surface area contributed by atoms with E-state index >= 15 is 0 Å². The molecule has 0 bridgehead atoms. The molecule has 1 aliphatic rings. The third-order valence-electron chi connectivity index (χ3n) is 3.93. The van der Waals surface area contributed by atoms with Crippen molar-refractivity contribution in [2.45, 2.75) is 25.8 Å². The number of rotatable bonds is 3. The van der Waals surface area contributed by atoms with Gasteiger partial charge in [0.05, 0.1) is 5.52 Å². The number of benzene rings is 1. The number of nitrogens with two attached hydrogens (primary N) is 1. The normalized spacial score (nSPS) is 17.9. The molecule has 3 rings (SSSR count). The van der Waals surface area contributed by atoms with E-state index in [0.717, 1.165) is 25.7 Å². The van der Waals surface area contributed by atoms with Crippen LogP contribution in [0, 0.1) is 11.6 Å². The Kier molecular flexibility index (Phi) is 3.33. The highest BCUT2D eigenvalue weighted by Gasteiger charge is 2.22. The van der Waals surface area contributed by atoms with E-state index in [-0.39, 0.29) is 17.5 Å². The molecular weight excluding hydrogens is 262 g/mol. The lowest BCUT2D eigenvalue weighted by Gasteiger charge is -2.22. The van der Waals surface area contributed by atoms with Gasteiger partial charge in [-0.15, -0.1) is 0 Å². The molecule has 1 fully saturated rings. The van der Waals surface area contributed by atoms with Gasteiger partial charge in [0, 0.05) is 12.6 Å². The molecule has 1 unspecified atom stereocenters. The molecule has 0 spiro atoms. The van der Waals surface area contributed by atoms with Gasteiger partial charge in [0.25, 0.3) is 0 Å². The van der Waals surface area contributed by atoms with E-state index in [1.165, 1.54) is 18.9 Å². The molecule has 1 saturated heterocycles. The van der Waals surface area contributed by atoms with Crippen LogP contribution >= 0.6 is 0 Å². The van der Waals surface area contributed by atoms with Gasteiger partial charge in [-0.05, 0) is 45.0 Å². The molecule has 4 nitrogen and oxygen atoms in total. The fourth-order valence-corrected chi connectivity index (χ4v) is 3.01. The molecule has 1 aromatic carbocycles. The lowest BCUT2D eigenvalue weighted by atomic mass is 10.2. The summed E-state index contributed by atoms with van der Waals surface area (Å²) in [7, 11) is 0. The largest absolute Gasteiger partial charge is 0.369 e. The highest BCUT2D eigenvalue weighted by Crippen LogP contribution is 2.27. The van der Waals surface area contributed by atoms with Gasteiger partial charge in [0.1, 0.15) is 5.52 Å². The zero-order valence-electron chi connectivity index (χ0n) is 11.4. The highest BCUT2D eigenvalue weighted by atomic mass is 19.2. The van der Waals surface area contributed by atoms with Crippen molar-refractivity contribution in [3.8, 4) is 0 Å². The maximum atomic E-state index is 14.0. The predicted molar refractivity (Wildman–Crippen MR) is 74.4 cm³/mol. The molecule has 1 aromatic heterocycles. The first-order chi connectivity index (χ1) is 9.58. The van der Waals surface area contributed by atoms with Crippen molar-refractivity contribution in [2.24, 2.45) is 0 Å². The van der Waals surface area contributed by atoms with Gasteiger partial charge < -0.3 is 15.2 Å². The number of hydrogen-bond donors (Lipinski definition) is 1. The molecule has 6 heteroatoms. The van der Waals surface area contributed by atoms with Crippen molar-refractivity contribution in [2.75, 3.05) is 25.4 Å². The molecule has 1 aliphatic heterocycles. The molecule has 0 radical (unpaired) electrons. The van der Waals surface area contributed by atoms with Crippen molar-refractivity contribution in [1.82, 2.24) is 14.5 Å². The van der Waals surface area contributed by atoms with Crippen LogP contribution in [-0.4, -0.2) is 34.1 Å². The molecule has 1 atom stereocenters. The van der Waals surface area contributed by atoms with E-state index < -0.39 is 11.6 Å². The van der Waals surface area contributed by atoms with Gasteiger partial charge in [-0.2, -0.15) is 0 Å². The van der Waals surface area contributed by atoms with E-state index in [9.17, 15) is 8.78 Å². The van der Waals surface area contributed by atoms with Crippen LogP contribution in [0.2, 0.25) is 0 Å². The van der Waals surface area contributed by atoms with Crippen molar-refractivity contribution in [3.05, 3.63) is 23.8 Å². The molecule has 20 heavy (non-hydrogen) atoms. The second-order valence-corrected chi connectivity index (χ2v) is 5.43. The van der Waals surface area contributed by atoms with Crippen molar-refractivity contribution in [3.63, 3.8) is 0 Å². The Morgan fingerprint density at radius 2 is 2.00 bits per heavy atom. The first kappa shape index (κ1) is 13.3. The summed E-state index contributed by atoms with van der Waals surface area (Å²) in [6.07, 6.45) is 2.38. The van der Waals surface area contributed by atoms with Gasteiger partial charge in [-0.1, -0.05) is 0 Å². The molecule has 0 aliphatic carbocycles. The summed E-state index contributed by atoms with van der Waals surface area (Å²) < 4.78 is 29.1. The average molecular weight is 280 g/mol. The van der Waals surface area contributed by atoms with Crippen LogP contribution in [-0.2, 0) is 0 Å². The lowest BCUT2D eigenvalue weighted by Crippen LogP contribution is -2.27. The number of nitrogen functional groups attached to an aromatic ring is 1. The molecule has 0 amide bonds. The molecule has 108 valence electrons. The minimum Gasteiger partial charge on any atom is -0.369 e. The Morgan fingerprint density at radius 1 is 1.30 bits per heavy atom. The van der Waals surface area contributed by atoms with Gasteiger partial charge >= 0.3 is 0 Å². The van der Waals surface area contributed by atoms with Crippen LogP contribution in [0.4, 0.5) is 14.7 Å². The Balaban J connectivity index is 2.01. The van der Waals surface area contributed by atoms with Gasteiger partial charge in [-0.25, -0.2) is 13.8 Å². The summed E-state index contributed by atoms with van der Waals surface area (Å²) in [5, 5.41) is 0. The third-order valence-corrected chi connectivity index (χ3v) is 3.93. The smallest absolute Gasteiger partial charge is 0.201 e. The van der Waals surface area contributed by atoms with Crippen molar-refractivity contribution in [1.29, 1.82) is 0 Å². The number of halogens is 2. The number of likely N-dealkylation sites (tertiary alicyclic amines) is 1. The zero-order chi connectivity index (χ0) is 14.3. The fourth-order valence-electron chi connectivity index (χ4n) is 3.01. The minimum absolute atomic E-state index is 0.0469. The summed E-state index contributed by atoms with van der Waals surface area (Å²) in [5.41, 5.74) is 6.45. The van der Waals surface area contributed by atoms with Crippen LogP contribution in [0.3, 0.4) is 0 Å². The highest BCUT2D eigenvalue weighted by molar-refractivity contribution is 5.79. The van der Waals surface area contributed by atoms with Gasteiger partial charge in [0.15, 0.2) is 11.6 Å². The minimum atomic E-state index is -0.875. The molecule has 2 heterocycles. The summed E-state index contributed by atoms with van der Waals surface area (Å²) in [5.74, 6) is -1.51. The number of fused-ring (bicyclic) bond motifs is 1. The van der Waals surface area contributed by atoms with E-state index in [2.05, 4.69) is 9.88 Å². The molecule has 0 saturated carbocycles. The van der Waals surface area contributed by atoms with Crippen molar-refractivity contribution < 1.29 is 8.78 Å². The molecule has 2 N–H and O–H groups in total. The Morgan fingerprint density at radius 3 is 2.70 bits per heavy atom. The van der Waals surface area contributed by atoms with E-state index in [4.69, 9.17) is 5.73 Å². The van der Waals surface area contributed by atoms with E-state index in [1.54, 1.807) is 4.57 Å². The van der Waals surface area contributed by atoms with E-state index in [1.807, 2.05) is 6.92 Å². The Labute approximate surface area is 116 Å². The first-order valence-electron chi connectivity index (χ1n) is 6.91. The Hall–Kier alpha value is -1.69. The number of anilines is 1. The summed E-state index contributed by atoms with van der Waals surface area (Å²) in [6.45, 7) is 4.83. The van der Waals surface area contributed by atoms with Crippen LogP contribution < -0.4 is 5.73 Å². The molecule has 2 aromatic rings.